The van der Waals surface area contributed by atoms with Crippen LogP contribution in [-0.4, -0.2) is 76.0 Å². The molecular formula is C13H22N2O5. The van der Waals surface area contributed by atoms with Gasteiger partial charge in [0.2, 0.25) is 0 Å². The van der Waals surface area contributed by atoms with E-state index in [1.165, 1.54) is 0 Å². The van der Waals surface area contributed by atoms with Crippen molar-refractivity contribution in [3.05, 3.63) is 0 Å². The lowest BCUT2D eigenvalue weighted by Gasteiger charge is -2.49. The summed E-state index contributed by atoms with van der Waals surface area (Å²) in [5, 5.41) is 18.6. The highest BCUT2D eigenvalue weighted by Gasteiger charge is 2.45. The summed E-state index contributed by atoms with van der Waals surface area (Å²) < 4.78 is 5.27. The van der Waals surface area contributed by atoms with E-state index < -0.39 is 17.2 Å². The zero-order chi connectivity index (χ0) is 15.0. The third-order valence-electron chi connectivity index (χ3n) is 3.81. The van der Waals surface area contributed by atoms with Gasteiger partial charge in [-0.2, -0.15) is 0 Å². The van der Waals surface area contributed by atoms with Crippen molar-refractivity contribution in [1.29, 1.82) is 0 Å². The molecule has 0 aromatic heterocycles. The zero-order valence-corrected chi connectivity index (χ0v) is 12.0. The number of piperidine rings is 1. The van der Waals surface area contributed by atoms with E-state index in [0.29, 0.717) is 32.6 Å². The van der Waals surface area contributed by atoms with Gasteiger partial charge in [0.1, 0.15) is 12.2 Å². The van der Waals surface area contributed by atoms with E-state index in [0.717, 1.165) is 6.42 Å². The van der Waals surface area contributed by atoms with E-state index in [4.69, 9.17) is 9.84 Å². The zero-order valence-electron chi connectivity index (χ0n) is 12.0. The Kier molecular flexibility index (Phi) is 3.93. The van der Waals surface area contributed by atoms with E-state index >= 15 is 0 Å². The van der Waals surface area contributed by atoms with Gasteiger partial charge < -0.3 is 24.7 Å². The molecule has 0 spiro atoms. The first-order valence-corrected chi connectivity index (χ1v) is 6.83. The highest BCUT2D eigenvalue weighted by Crippen LogP contribution is 2.28. The van der Waals surface area contributed by atoms with Crippen LogP contribution < -0.4 is 0 Å². The van der Waals surface area contributed by atoms with Crippen molar-refractivity contribution >= 4 is 12.0 Å². The van der Waals surface area contributed by atoms with E-state index in [9.17, 15) is 14.7 Å². The number of carbonyl (C=O) groups is 2. The average molecular weight is 286 g/mol. The Morgan fingerprint density at radius 3 is 2.40 bits per heavy atom. The first kappa shape index (κ1) is 15.1. The lowest BCUT2D eigenvalue weighted by atomic mass is 9.94. The maximum atomic E-state index is 12.3. The third kappa shape index (κ3) is 3.40. The van der Waals surface area contributed by atoms with Gasteiger partial charge in [0.05, 0.1) is 25.2 Å². The van der Waals surface area contributed by atoms with Gasteiger partial charge in [0.25, 0.3) is 0 Å². The van der Waals surface area contributed by atoms with Crippen LogP contribution in [0, 0.1) is 0 Å². The van der Waals surface area contributed by atoms with Gasteiger partial charge in [-0.25, -0.2) is 9.59 Å². The molecule has 0 saturated carbocycles. The standard InChI is InChI=1S/C13H22N2O5/c1-12(19)4-3-5-14(7-12)11(18)15-8-13(2,9-15)20-6-10(16)17/h19H,3-9H2,1-2H3,(H,16,17). The van der Waals surface area contributed by atoms with Crippen LogP contribution in [0.25, 0.3) is 0 Å². The molecule has 0 aromatic rings. The summed E-state index contributed by atoms with van der Waals surface area (Å²) >= 11 is 0. The number of carbonyl (C=O) groups excluding carboxylic acids is 1. The molecule has 2 fully saturated rings. The predicted molar refractivity (Wildman–Crippen MR) is 70.4 cm³/mol. The molecule has 2 aliphatic heterocycles. The number of hydrogen-bond donors (Lipinski definition) is 2. The van der Waals surface area contributed by atoms with Crippen LogP contribution in [0.5, 0.6) is 0 Å². The molecule has 1 atom stereocenters. The summed E-state index contributed by atoms with van der Waals surface area (Å²) in [6.45, 7) is 4.95. The minimum atomic E-state index is -1.01. The minimum Gasteiger partial charge on any atom is -0.480 e. The molecule has 0 radical (unpaired) electrons. The molecule has 0 aromatic carbocycles. The fourth-order valence-electron chi connectivity index (χ4n) is 2.81. The average Bonchev–Trinajstić information content (AvgIpc) is 2.31. The smallest absolute Gasteiger partial charge is 0.329 e. The largest absolute Gasteiger partial charge is 0.480 e. The fraction of sp³-hybridized carbons (Fsp3) is 0.846. The molecule has 2 saturated heterocycles. The Bertz CT molecular complexity index is 404. The first-order chi connectivity index (χ1) is 9.21. The Morgan fingerprint density at radius 1 is 1.20 bits per heavy atom. The molecule has 2 rings (SSSR count). The van der Waals surface area contributed by atoms with Crippen molar-refractivity contribution in [3.63, 3.8) is 0 Å². The molecule has 2 heterocycles. The fourth-order valence-corrected chi connectivity index (χ4v) is 2.81. The SMILES string of the molecule is CC1(O)CCCN(C(=O)N2CC(C)(OCC(=O)O)C2)C1. The molecule has 7 heteroatoms. The number of nitrogens with zero attached hydrogens (tertiary/aromatic N) is 2. The van der Waals surface area contributed by atoms with E-state index in [-0.39, 0.29) is 12.6 Å². The van der Waals surface area contributed by atoms with Crippen LogP contribution in [0.4, 0.5) is 4.79 Å². The molecule has 1 unspecified atom stereocenters. The number of likely N-dealkylation sites (tertiary alicyclic amines) is 2. The number of amides is 2. The summed E-state index contributed by atoms with van der Waals surface area (Å²) in [6.07, 6.45) is 1.50. The molecule has 20 heavy (non-hydrogen) atoms. The topological polar surface area (TPSA) is 90.3 Å². The molecule has 0 bridgehead atoms. The molecular weight excluding hydrogens is 264 g/mol. The van der Waals surface area contributed by atoms with Gasteiger partial charge >= 0.3 is 12.0 Å². The second-order valence-electron chi connectivity index (χ2n) is 6.29. The summed E-state index contributed by atoms with van der Waals surface area (Å²) in [5.41, 5.74) is -1.39. The number of aliphatic carboxylic acids is 1. The molecule has 0 aliphatic carbocycles. The van der Waals surface area contributed by atoms with Gasteiger partial charge in [-0.05, 0) is 26.7 Å². The van der Waals surface area contributed by atoms with Gasteiger partial charge in [-0.1, -0.05) is 0 Å². The summed E-state index contributed by atoms with van der Waals surface area (Å²) in [5.74, 6) is -1.01. The van der Waals surface area contributed by atoms with Crippen LogP contribution in [-0.2, 0) is 9.53 Å². The number of aliphatic hydroxyl groups is 1. The van der Waals surface area contributed by atoms with Crippen molar-refractivity contribution in [2.75, 3.05) is 32.8 Å². The Hall–Kier alpha value is -1.34. The number of rotatable bonds is 3. The molecule has 7 nitrogen and oxygen atoms in total. The van der Waals surface area contributed by atoms with Crippen LogP contribution in [0.15, 0.2) is 0 Å². The number of hydrogen-bond acceptors (Lipinski definition) is 4. The lowest BCUT2D eigenvalue weighted by Crippen LogP contribution is -2.66. The lowest BCUT2D eigenvalue weighted by molar-refractivity contribution is -0.160. The Morgan fingerprint density at radius 2 is 1.85 bits per heavy atom. The normalized spacial score (nSPS) is 28.9. The van der Waals surface area contributed by atoms with Crippen LogP contribution >= 0.6 is 0 Å². The number of carboxylic acids is 1. The molecule has 2 amide bonds. The second-order valence-corrected chi connectivity index (χ2v) is 6.29. The Labute approximate surface area is 118 Å². The van der Waals surface area contributed by atoms with Crippen LogP contribution in [0.2, 0.25) is 0 Å². The summed E-state index contributed by atoms with van der Waals surface area (Å²) in [6, 6.07) is -0.110. The number of β-amino-alcohol motifs (C(OH)–C–C–N with tert-alkyl or cyclic N) is 1. The first-order valence-electron chi connectivity index (χ1n) is 6.83. The quantitative estimate of drug-likeness (QED) is 0.769. The van der Waals surface area contributed by atoms with Crippen molar-refractivity contribution in [1.82, 2.24) is 9.80 Å². The van der Waals surface area contributed by atoms with E-state index in [1.807, 2.05) is 0 Å². The monoisotopic (exact) mass is 286 g/mol. The maximum Gasteiger partial charge on any atom is 0.329 e. The van der Waals surface area contributed by atoms with Gasteiger partial charge in [0, 0.05) is 6.54 Å². The van der Waals surface area contributed by atoms with Crippen LogP contribution in [0.3, 0.4) is 0 Å². The van der Waals surface area contributed by atoms with Crippen molar-refractivity contribution < 1.29 is 24.5 Å². The molecule has 2 N–H and O–H groups in total. The predicted octanol–water partition coefficient (Wildman–Crippen LogP) is 0.129. The highest BCUT2D eigenvalue weighted by molar-refractivity contribution is 5.76. The third-order valence-corrected chi connectivity index (χ3v) is 3.81. The second kappa shape index (κ2) is 5.21. The Balaban J connectivity index is 1.83. The van der Waals surface area contributed by atoms with Gasteiger partial charge in [0.15, 0.2) is 0 Å². The summed E-state index contributed by atoms with van der Waals surface area (Å²) in [4.78, 5) is 26.0. The van der Waals surface area contributed by atoms with Crippen molar-refractivity contribution in [2.45, 2.75) is 37.9 Å². The summed E-state index contributed by atoms with van der Waals surface area (Å²) in [7, 11) is 0. The van der Waals surface area contributed by atoms with Crippen LogP contribution in [0.1, 0.15) is 26.7 Å². The number of urea groups is 1. The number of ether oxygens (including phenoxy) is 1. The number of carboxylic acid groups (broad SMARTS) is 1. The molecule has 2 aliphatic rings. The van der Waals surface area contributed by atoms with E-state index in [1.54, 1.807) is 23.6 Å². The van der Waals surface area contributed by atoms with Crippen molar-refractivity contribution in [2.24, 2.45) is 0 Å². The minimum absolute atomic E-state index is 0.110. The molecule has 114 valence electrons. The maximum absolute atomic E-state index is 12.3. The highest BCUT2D eigenvalue weighted by atomic mass is 16.5. The van der Waals surface area contributed by atoms with E-state index in [2.05, 4.69) is 0 Å². The van der Waals surface area contributed by atoms with Gasteiger partial charge in [-0.15, -0.1) is 0 Å². The van der Waals surface area contributed by atoms with Crippen molar-refractivity contribution in [3.8, 4) is 0 Å². The van der Waals surface area contributed by atoms with Gasteiger partial charge in [-0.3, -0.25) is 0 Å².